The quantitative estimate of drug-likeness (QED) is 0.803. The molecular formula is C12H16N4O2. The Kier molecular flexibility index (Phi) is 2.76. The Bertz CT molecular complexity index is 483. The normalized spacial score (nSPS) is 30.4. The van der Waals surface area contributed by atoms with Gasteiger partial charge < -0.3 is 5.11 Å². The molecule has 4 rings (SSSR count). The number of fused-ring (bicyclic) bond motifs is 3. The van der Waals surface area contributed by atoms with Gasteiger partial charge in [0.2, 0.25) is 0 Å². The molecule has 6 nitrogen and oxygen atoms in total. The van der Waals surface area contributed by atoms with Crippen LogP contribution in [0.25, 0.3) is 0 Å². The molecule has 0 spiro atoms. The molecule has 1 N–H and O–H groups in total. The standard InChI is InChI=1S/C12H16N4O2/c1-8-9(12(17)18)6-13-11(14-8)10-7-15-2-4-16(10)5-3-15/h6,10H,2-5,7H2,1H3,(H,17,18). The maximum atomic E-state index is 10.9. The van der Waals surface area contributed by atoms with Gasteiger partial charge in [-0.25, -0.2) is 14.8 Å². The van der Waals surface area contributed by atoms with Crippen molar-refractivity contribution in [3.05, 3.63) is 23.3 Å². The summed E-state index contributed by atoms with van der Waals surface area (Å²) in [4.78, 5) is 24.4. The molecule has 0 aliphatic carbocycles. The summed E-state index contributed by atoms with van der Waals surface area (Å²) in [7, 11) is 0. The number of carboxylic acids is 1. The topological polar surface area (TPSA) is 69.6 Å². The van der Waals surface area contributed by atoms with E-state index in [0.29, 0.717) is 5.69 Å². The zero-order chi connectivity index (χ0) is 12.7. The van der Waals surface area contributed by atoms with Gasteiger partial charge in [-0.05, 0) is 6.92 Å². The van der Waals surface area contributed by atoms with Gasteiger partial charge in [0.15, 0.2) is 0 Å². The summed E-state index contributed by atoms with van der Waals surface area (Å²) < 4.78 is 0. The summed E-state index contributed by atoms with van der Waals surface area (Å²) in [6, 6.07) is 0.217. The summed E-state index contributed by atoms with van der Waals surface area (Å²) in [6.45, 7) is 7.00. The number of carboxylic acid groups (broad SMARTS) is 1. The van der Waals surface area contributed by atoms with Crippen molar-refractivity contribution >= 4 is 5.97 Å². The molecule has 3 aliphatic rings. The average molecular weight is 248 g/mol. The molecule has 0 amide bonds. The molecule has 3 fully saturated rings. The number of aromatic nitrogens is 2. The van der Waals surface area contributed by atoms with E-state index in [4.69, 9.17) is 5.11 Å². The van der Waals surface area contributed by atoms with E-state index in [2.05, 4.69) is 19.8 Å². The van der Waals surface area contributed by atoms with E-state index in [1.165, 1.54) is 6.20 Å². The molecule has 2 bridgehead atoms. The maximum Gasteiger partial charge on any atom is 0.339 e. The molecule has 1 atom stereocenters. The summed E-state index contributed by atoms with van der Waals surface area (Å²) in [5.74, 6) is -0.213. The van der Waals surface area contributed by atoms with Crippen LogP contribution in [0.5, 0.6) is 0 Å². The van der Waals surface area contributed by atoms with Crippen molar-refractivity contribution in [3.8, 4) is 0 Å². The van der Waals surface area contributed by atoms with Crippen molar-refractivity contribution in [2.75, 3.05) is 32.7 Å². The Labute approximate surface area is 105 Å². The fourth-order valence-corrected chi connectivity index (χ4v) is 2.72. The lowest BCUT2D eigenvalue weighted by atomic mass is 10.1. The molecule has 1 aromatic rings. The molecule has 4 heterocycles. The molecule has 3 saturated heterocycles. The van der Waals surface area contributed by atoms with Crippen molar-refractivity contribution in [2.45, 2.75) is 13.0 Å². The lowest BCUT2D eigenvalue weighted by Gasteiger charge is -2.46. The van der Waals surface area contributed by atoms with Gasteiger partial charge in [0.25, 0.3) is 0 Å². The highest BCUT2D eigenvalue weighted by atomic mass is 16.4. The van der Waals surface area contributed by atoms with Gasteiger partial charge in [-0.3, -0.25) is 9.80 Å². The second-order valence-corrected chi connectivity index (χ2v) is 4.88. The first-order chi connectivity index (χ1) is 8.65. The van der Waals surface area contributed by atoms with Gasteiger partial charge in [0, 0.05) is 38.9 Å². The average Bonchev–Trinajstić information content (AvgIpc) is 2.39. The first-order valence-electron chi connectivity index (χ1n) is 6.18. The lowest BCUT2D eigenvalue weighted by Crippen LogP contribution is -2.57. The number of piperazine rings is 3. The van der Waals surface area contributed by atoms with Gasteiger partial charge in [0.05, 0.1) is 17.3 Å². The number of nitrogens with zero attached hydrogens (tertiary/aromatic N) is 4. The maximum absolute atomic E-state index is 10.9. The van der Waals surface area contributed by atoms with Gasteiger partial charge in [-0.15, -0.1) is 0 Å². The fourth-order valence-electron chi connectivity index (χ4n) is 2.72. The first-order valence-corrected chi connectivity index (χ1v) is 6.18. The Morgan fingerprint density at radius 3 is 2.61 bits per heavy atom. The highest BCUT2D eigenvalue weighted by Gasteiger charge is 2.34. The predicted molar refractivity (Wildman–Crippen MR) is 64.5 cm³/mol. The van der Waals surface area contributed by atoms with Crippen LogP contribution in [-0.2, 0) is 0 Å². The van der Waals surface area contributed by atoms with Crippen LogP contribution in [0.4, 0.5) is 0 Å². The number of hydrogen-bond acceptors (Lipinski definition) is 5. The third kappa shape index (κ3) is 1.87. The molecule has 3 aliphatic heterocycles. The predicted octanol–water partition coefficient (Wildman–Crippen LogP) is 0.156. The van der Waals surface area contributed by atoms with Crippen LogP contribution in [0, 0.1) is 6.92 Å². The number of carbonyl (C=O) groups is 1. The van der Waals surface area contributed by atoms with Gasteiger partial charge in [-0.2, -0.15) is 0 Å². The second kappa shape index (κ2) is 4.29. The number of rotatable bonds is 2. The Hall–Kier alpha value is -1.53. The third-order valence-electron chi connectivity index (χ3n) is 3.81. The smallest absolute Gasteiger partial charge is 0.339 e. The van der Waals surface area contributed by atoms with Crippen LogP contribution in [0.3, 0.4) is 0 Å². The van der Waals surface area contributed by atoms with Crippen molar-refractivity contribution in [2.24, 2.45) is 0 Å². The molecule has 0 radical (unpaired) electrons. The molecule has 18 heavy (non-hydrogen) atoms. The van der Waals surface area contributed by atoms with Gasteiger partial charge in [-0.1, -0.05) is 0 Å². The zero-order valence-corrected chi connectivity index (χ0v) is 10.3. The summed E-state index contributed by atoms with van der Waals surface area (Å²) in [5.41, 5.74) is 0.736. The Morgan fingerprint density at radius 1 is 1.39 bits per heavy atom. The molecule has 1 aromatic heterocycles. The van der Waals surface area contributed by atoms with Gasteiger partial charge >= 0.3 is 5.97 Å². The van der Waals surface area contributed by atoms with Gasteiger partial charge in [0.1, 0.15) is 5.82 Å². The molecule has 96 valence electrons. The first kappa shape index (κ1) is 11.6. The lowest BCUT2D eigenvalue weighted by molar-refractivity contribution is 0.00854. The summed E-state index contributed by atoms with van der Waals surface area (Å²) in [6.07, 6.45) is 1.43. The molecular weight excluding hydrogens is 232 g/mol. The van der Waals surface area contributed by atoms with Crippen molar-refractivity contribution in [1.29, 1.82) is 0 Å². The van der Waals surface area contributed by atoms with E-state index < -0.39 is 5.97 Å². The third-order valence-corrected chi connectivity index (χ3v) is 3.81. The minimum atomic E-state index is -0.965. The minimum Gasteiger partial charge on any atom is -0.478 e. The zero-order valence-electron chi connectivity index (χ0n) is 10.3. The highest BCUT2D eigenvalue weighted by Crippen LogP contribution is 2.26. The van der Waals surface area contributed by atoms with Crippen molar-refractivity contribution in [1.82, 2.24) is 19.8 Å². The molecule has 0 aromatic carbocycles. The summed E-state index contributed by atoms with van der Waals surface area (Å²) >= 11 is 0. The van der Waals surface area contributed by atoms with Crippen LogP contribution >= 0.6 is 0 Å². The van der Waals surface area contributed by atoms with E-state index >= 15 is 0 Å². The van der Waals surface area contributed by atoms with Crippen LogP contribution in [0.15, 0.2) is 6.20 Å². The van der Waals surface area contributed by atoms with Crippen LogP contribution in [-0.4, -0.2) is 63.6 Å². The Balaban J connectivity index is 1.89. The van der Waals surface area contributed by atoms with Crippen molar-refractivity contribution < 1.29 is 9.90 Å². The SMILES string of the molecule is Cc1nc(C2CN3CCN2CC3)ncc1C(=O)O. The molecule has 1 unspecified atom stereocenters. The van der Waals surface area contributed by atoms with E-state index in [1.807, 2.05) is 0 Å². The summed E-state index contributed by atoms with van der Waals surface area (Å²) in [5, 5.41) is 8.97. The minimum absolute atomic E-state index is 0.190. The van der Waals surface area contributed by atoms with E-state index in [9.17, 15) is 4.79 Å². The highest BCUT2D eigenvalue weighted by molar-refractivity contribution is 5.88. The van der Waals surface area contributed by atoms with E-state index in [0.717, 1.165) is 38.5 Å². The monoisotopic (exact) mass is 248 g/mol. The Morgan fingerprint density at radius 2 is 2.11 bits per heavy atom. The number of hydrogen-bond donors (Lipinski definition) is 1. The largest absolute Gasteiger partial charge is 0.478 e. The number of aromatic carboxylic acids is 1. The van der Waals surface area contributed by atoms with E-state index in [-0.39, 0.29) is 11.6 Å². The van der Waals surface area contributed by atoms with Crippen LogP contribution < -0.4 is 0 Å². The van der Waals surface area contributed by atoms with Crippen LogP contribution in [0.1, 0.15) is 27.9 Å². The fraction of sp³-hybridized carbons (Fsp3) is 0.583. The van der Waals surface area contributed by atoms with Crippen LogP contribution in [0.2, 0.25) is 0 Å². The van der Waals surface area contributed by atoms with E-state index in [1.54, 1.807) is 6.92 Å². The number of aryl methyl sites for hydroxylation is 1. The second-order valence-electron chi connectivity index (χ2n) is 4.88. The molecule has 6 heteroatoms. The van der Waals surface area contributed by atoms with Crippen molar-refractivity contribution in [3.63, 3.8) is 0 Å². The molecule has 0 saturated carbocycles.